The average Bonchev–Trinajstić information content (AvgIpc) is 2.66. The van der Waals surface area contributed by atoms with Gasteiger partial charge in [-0.2, -0.15) is 0 Å². The van der Waals surface area contributed by atoms with E-state index >= 15 is 0 Å². The number of rotatable bonds is 6. The van der Waals surface area contributed by atoms with E-state index in [0.717, 1.165) is 18.6 Å². The van der Waals surface area contributed by atoms with Crippen LogP contribution in [0.5, 0.6) is 0 Å². The Bertz CT molecular complexity index is 661. The Kier molecular flexibility index (Phi) is 7.02. The van der Waals surface area contributed by atoms with Gasteiger partial charge < -0.3 is 10.6 Å². The van der Waals surface area contributed by atoms with Crippen molar-refractivity contribution in [3.8, 4) is 0 Å². The van der Waals surface area contributed by atoms with Crippen LogP contribution in [0.4, 0.5) is 18.9 Å². The van der Waals surface area contributed by atoms with Crippen LogP contribution >= 0.6 is 0 Å². The molecule has 1 unspecified atom stereocenters. The van der Waals surface area contributed by atoms with E-state index in [1.165, 1.54) is 0 Å². The molecule has 2 rings (SSSR count). The quantitative estimate of drug-likeness (QED) is 0.756. The van der Waals surface area contributed by atoms with Crippen LogP contribution in [0.3, 0.4) is 0 Å². The van der Waals surface area contributed by atoms with Gasteiger partial charge in [0.1, 0.15) is 0 Å². The Hall–Kier alpha value is -2.09. The lowest BCUT2D eigenvalue weighted by molar-refractivity contribution is -0.127. The molecule has 0 radical (unpaired) electrons. The first-order valence-electron chi connectivity index (χ1n) is 8.81. The van der Waals surface area contributed by atoms with Crippen LogP contribution in [0.15, 0.2) is 12.1 Å². The minimum absolute atomic E-state index is 0.0347. The highest BCUT2D eigenvalue weighted by Gasteiger charge is 2.30. The molecule has 1 aromatic rings. The maximum Gasteiger partial charge on any atom is 0.241 e. The van der Waals surface area contributed by atoms with E-state index in [9.17, 15) is 22.8 Å². The number of piperidine rings is 1. The zero-order valence-corrected chi connectivity index (χ0v) is 14.9. The zero-order valence-electron chi connectivity index (χ0n) is 14.9. The fraction of sp³-hybridized carbons (Fsp3) is 0.556. The number of nitrogens with zero attached hydrogens (tertiary/aromatic N) is 1. The predicted octanol–water partition coefficient (Wildman–Crippen LogP) is 2.67. The second-order valence-corrected chi connectivity index (χ2v) is 6.49. The smallest absolute Gasteiger partial charge is 0.241 e. The second-order valence-electron chi connectivity index (χ2n) is 6.49. The molecule has 2 amide bonds. The summed E-state index contributed by atoms with van der Waals surface area (Å²) in [6, 6.07) is 1.17. The Morgan fingerprint density at radius 2 is 1.85 bits per heavy atom. The Morgan fingerprint density at radius 1 is 1.19 bits per heavy atom. The lowest BCUT2D eigenvalue weighted by Gasteiger charge is -2.34. The van der Waals surface area contributed by atoms with E-state index in [2.05, 4.69) is 10.6 Å². The van der Waals surface area contributed by atoms with Crippen molar-refractivity contribution in [3.05, 3.63) is 29.6 Å². The number of likely N-dealkylation sites (tertiary alicyclic amines) is 1. The van der Waals surface area contributed by atoms with Crippen LogP contribution in [0.2, 0.25) is 0 Å². The highest BCUT2D eigenvalue weighted by Crippen LogP contribution is 2.22. The second kappa shape index (κ2) is 9.02. The van der Waals surface area contributed by atoms with Gasteiger partial charge in [-0.3, -0.25) is 14.5 Å². The highest BCUT2D eigenvalue weighted by molar-refractivity contribution is 5.94. The normalized spacial score (nSPS) is 17.0. The first kappa shape index (κ1) is 20.2. The highest BCUT2D eigenvalue weighted by atomic mass is 19.2. The largest absolute Gasteiger partial charge is 0.356 e. The third-order valence-corrected chi connectivity index (χ3v) is 4.67. The molecule has 0 bridgehead atoms. The lowest BCUT2D eigenvalue weighted by Crippen LogP contribution is -2.48. The van der Waals surface area contributed by atoms with Crippen LogP contribution in [-0.4, -0.2) is 42.4 Å². The van der Waals surface area contributed by atoms with Crippen molar-refractivity contribution >= 4 is 17.5 Å². The van der Waals surface area contributed by atoms with Crippen molar-refractivity contribution in [2.45, 2.75) is 39.2 Å². The van der Waals surface area contributed by atoms with E-state index in [1.807, 2.05) is 11.8 Å². The van der Waals surface area contributed by atoms with Crippen LogP contribution in [0, 0.1) is 23.4 Å². The minimum Gasteiger partial charge on any atom is -0.356 e. The van der Waals surface area contributed by atoms with Crippen molar-refractivity contribution in [1.29, 1.82) is 0 Å². The third-order valence-electron chi connectivity index (χ3n) is 4.67. The molecule has 1 atom stereocenters. The predicted molar refractivity (Wildman–Crippen MR) is 92.0 cm³/mol. The summed E-state index contributed by atoms with van der Waals surface area (Å²) in [5.74, 6) is -4.89. The fourth-order valence-corrected chi connectivity index (χ4v) is 2.97. The molecule has 26 heavy (non-hydrogen) atoms. The Balaban J connectivity index is 1.90. The molecule has 5 nitrogen and oxygen atoms in total. The number of anilines is 1. The van der Waals surface area contributed by atoms with Gasteiger partial charge >= 0.3 is 0 Å². The summed E-state index contributed by atoms with van der Waals surface area (Å²) in [5.41, 5.74) is -0.394. The fourth-order valence-electron chi connectivity index (χ4n) is 2.97. The van der Waals surface area contributed by atoms with Gasteiger partial charge in [-0.05, 0) is 51.4 Å². The Morgan fingerprint density at radius 3 is 2.46 bits per heavy atom. The van der Waals surface area contributed by atoms with E-state index < -0.39 is 35.1 Å². The monoisotopic (exact) mass is 371 g/mol. The number of carbonyl (C=O) groups excluding carboxylic acids is 2. The molecule has 2 N–H and O–H groups in total. The molecular formula is C18H24F3N3O2. The summed E-state index contributed by atoms with van der Waals surface area (Å²) < 4.78 is 39.9. The molecule has 1 aliphatic heterocycles. The van der Waals surface area contributed by atoms with Gasteiger partial charge in [0, 0.05) is 12.5 Å². The average molecular weight is 371 g/mol. The zero-order chi connectivity index (χ0) is 19.3. The van der Waals surface area contributed by atoms with Crippen molar-refractivity contribution in [1.82, 2.24) is 10.2 Å². The van der Waals surface area contributed by atoms with Crippen molar-refractivity contribution in [2.24, 2.45) is 5.92 Å². The number of nitrogens with one attached hydrogen (secondary N) is 2. The number of benzene rings is 1. The van der Waals surface area contributed by atoms with E-state index in [0.29, 0.717) is 32.5 Å². The van der Waals surface area contributed by atoms with E-state index in [4.69, 9.17) is 0 Å². The van der Waals surface area contributed by atoms with Gasteiger partial charge in [0.05, 0.1) is 11.7 Å². The van der Waals surface area contributed by atoms with Crippen molar-refractivity contribution < 1.29 is 22.8 Å². The molecule has 1 heterocycles. The van der Waals surface area contributed by atoms with Crippen molar-refractivity contribution in [2.75, 3.05) is 25.0 Å². The molecule has 0 spiro atoms. The molecule has 1 aliphatic rings. The van der Waals surface area contributed by atoms with Gasteiger partial charge in [-0.15, -0.1) is 0 Å². The summed E-state index contributed by atoms with van der Waals surface area (Å²) in [6.07, 6.45) is 2.14. The molecule has 1 saturated heterocycles. The summed E-state index contributed by atoms with van der Waals surface area (Å²) >= 11 is 0. The van der Waals surface area contributed by atoms with Crippen molar-refractivity contribution in [3.63, 3.8) is 0 Å². The van der Waals surface area contributed by atoms with Crippen LogP contribution in [-0.2, 0) is 9.59 Å². The standard InChI is InChI=1S/C18H24F3N3O2/c1-3-8-22-18(26)12-6-9-24(10-7-12)11(2)17(25)23-14-5-4-13(19)15(20)16(14)21/h4-5,11-12H,3,6-10H2,1-2H3,(H,22,26)(H,23,25). The summed E-state index contributed by atoms with van der Waals surface area (Å²) in [4.78, 5) is 26.2. The van der Waals surface area contributed by atoms with Gasteiger partial charge in [0.2, 0.25) is 11.8 Å². The molecule has 0 aliphatic carbocycles. The van der Waals surface area contributed by atoms with Crippen LogP contribution in [0.25, 0.3) is 0 Å². The maximum atomic E-state index is 13.7. The molecule has 8 heteroatoms. The molecular weight excluding hydrogens is 347 g/mol. The SMILES string of the molecule is CCCNC(=O)C1CCN(C(C)C(=O)Nc2ccc(F)c(F)c2F)CC1. The molecule has 144 valence electrons. The van der Waals surface area contributed by atoms with Crippen LogP contribution in [0.1, 0.15) is 33.1 Å². The number of amides is 2. The molecule has 0 aromatic heterocycles. The Labute approximate surface area is 150 Å². The topological polar surface area (TPSA) is 61.4 Å². The summed E-state index contributed by atoms with van der Waals surface area (Å²) in [6.45, 7) is 5.40. The number of hydrogen-bond acceptors (Lipinski definition) is 3. The van der Waals surface area contributed by atoms with Gasteiger partial charge in [0.25, 0.3) is 0 Å². The van der Waals surface area contributed by atoms with E-state index in [-0.39, 0.29) is 11.8 Å². The number of carbonyl (C=O) groups is 2. The van der Waals surface area contributed by atoms with Gasteiger partial charge in [-0.1, -0.05) is 6.92 Å². The first-order chi connectivity index (χ1) is 12.3. The molecule has 1 fully saturated rings. The third kappa shape index (κ3) is 4.75. The molecule has 1 aromatic carbocycles. The van der Waals surface area contributed by atoms with Gasteiger partial charge in [-0.25, -0.2) is 13.2 Å². The minimum atomic E-state index is -1.62. The number of hydrogen-bond donors (Lipinski definition) is 2. The summed E-state index contributed by atoms with van der Waals surface area (Å²) in [5, 5.41) is 5.17. The lowest BCUT2D eigenvalue weighted by atomic mass is 9.95. The maximum absolute atomic E-state index is 13.7. The number of halogens is 3. The van der Waals surface area contributed by atoms with Gasteiger partial charge in [0.15, 0.2) is 17.5 Å². The van der Waals surface area contributed by atoms with Crippen LogP contribution < -0.4 is 10.6 Å². The first-order valence-corrected chi connectivity index (χ1v) is 8.81. The van der Waals surface area contributed by atoms with E-state index in [1.54, 1.807) is 6.92 Å². The summed E-state index contributed by atoms with van der Waals surface area (Å²) in [7, 11) is 0. The molecule has 0 saturated carbocycles.